The van der Waals surface area contributed by atoms with Crippen LogP contribution >= 0.6 is 11.6 Å². The number of halogens is 3. The van der Waals surface area contributed by atoms with E-state index in [9.17, 15) is 23.6 Å². The molecule has 0 atom stereocenters. The minimum atomic E-state index is -1.16. The highest BCUT2D eigenvalue weighted by Gasteiger charge is 2.23. The van der Waals surface area contributed by atoms with Gasteiger partial charge in [-0.3, -0.25) is 4.79 Å². The van der Waals surface area contributed by atoms with Crippen molar-refractivity contribution in [2.45, 2.75) is 6.92 Å². The summed E-state index contributed by atoms with van der Waals surface area (Å²) in [5, 5.41) is 12.0. The Morgan fingerprint density at radius 3 is 2.26 bits per heavy atom. The van der Waals surface area contributed by atoms with Crippen LogP contribution in [0.3, 0.4) is 0 Å². The molecule has 0 aliphatic heterocycles. The minimum Gasteiger partial charge on any atom is -0.462 e. The van der Waals surface area contributed by atoms with Gasteiger partial charge in [0.2, 0.25) is 0 Å². The zero-order valence-electron chi connectivity index (χ0n) is 14.1. The fraction of sp³-hybridized carbons (Fsp3) is 0.105. The molecule has 0 saturated carbocycles. The zero-order valence-corrected chi connectivity index (χ0v) is 14.8. The molecule has 0 aliphatic carbocycles. The molecule has 0 radical (unpaired) electrons. The molecule has 8 heteroatoms. The van der Waals surface area contributed by atoms with Gasteiger partial charge in [0.1, 0.15) is 23.3 Å². The quantitative estimate of drug-likeness (QED) is 0.478. The van der Waals surface area contributed by atoms with E-state index in [1.54, 1.807) is 13.0 Å². The molecule has 1 amide bonds. The topological polar surface area (TPSA) is 79.2 Å². The zero-order chi connectivity index (χ0) is 20.0. The lowest BCUT2D eigenvalue weighted by atomic mass is 10.1. The average molecular weight is 391 g/mol. The molecule has 0 saturated heterocycles. The normalized spacial score (nSPS) is 11.2. The smallest absolute Gasteiger partial charge is 0.351 e. The van der Waals surface area contributed by atoms with Crippen LogP contribution in [0.2, 0.25) is 5.02 Å². The Morgan fingerprint density at radius 2 is 1.74 bits per heavy atom. The molecular formula is C19H13ClF2N2O3. The Bertz CT molecular complexity index is 930. The van der Waals surface area contributed by atoms with Gasteiger partial charge in [0, 0.05) is 5.02 Å². The van der Waals surface area contributed by atoms with Crippen LogP contribution in [0.1, 0.15) is 22.8 Å². The fourth-order valence-corrected chi connectivity index (χ4v) is 2.32. The number of nitriles is 1. The molecule has 5 nitrogen and oxygen atoms in total. The second-order valence-electron chi connectivity index (χ2n) is 5.14. The summed E-state index contributed by atoms with van der Waals surface area (Å²) in [5.74, 6) is -4.32. The monoisotopic (exact) mass is 390 g/mol. The summed E-state index contributed by atoms with van der Waals surface area (Å²) in [6.45, 7) is 1.54. The number of carbonyl (C=O) groups is 2. The number of rotatable bonds is 5. The van der Waals surface area contributed by atoms with Crippen molar-refractivity contribution in [1.29, 1.82) is 5.26 Å². The summed E-state index contributed by atoms with van der Waals surface area (Å²) >= 11 is 5.83. The maximum Gasteiger partial charge on any atom is 0.351 e. The number of ether oxygens (including phenoxy) is 1. The molecule has 0 fully saturated rings. The molecule has 0 aliphatic rings. The van der Waals surface area contributed by atoms with E-state index in [-0.39, 0.29) is 17.9 Å². The Balaban J connectivity index is 2.56. The third kappa shape index (κ3) is 4.68. The summed E-state index contributed by atoms with van der Waals surface area (Å²) in [4.78, 5) is 24.5. The molecular weight excluding hydrogens is 378 g/mol. The van der Waals surface area contributed by atoms with Gasteiger partial charge in [-0.25, -0.2) is 13.6 Å². The predicted molar refractivity (Wildman–Crippen MR) is 94.4 cm³/mol. The van der Waals surface area contributed by atoms with Gasteiger partial charge in [-0.05, 0) is 36.8 Å². The van der Waals surface area contributed by atoms with Gasteiger partial charge in [0.25, 0.3) is 5.91 Å². The Morgan fingerprint density at radius 1 is 1.15 bits per heavy atom. The van der Waals surface area contributed by atoms with Crippen molar-refractivity contribution in [3.63, 3.8) is 0 Å². The van der Waals surface area contributed by atoms with Crippen LogP contribution in [-0.2, 0) is 9.53 Å². The van der Waals surface area contributed by atoms with Crippen LogP contribution in [0.15, 0.2) is 48.0 Å². The first-order valence-electron chi connectivity index (χ1n) is 7.71. The second-order valence-corrected chi connectivity index (χ2v) is 5.58. The van der Waals surface area contributed by atoms with Crippen LogP contribution < -0.4 is 5.32 Å². The molecule has 0 spiro atoms. The average Bonchev–Trinajstić information content (AvgIpc) is 2.62. The van der Waals surface area contributed by atoms with Gasteiger partial charge in [0.05, 0.1) is 12.3 Å². The lowest BCUT2D eigenvalue weighted by Crippen LogP contribution is -2.27. The summed E-state index contributed by atoms with van der Waals surface area (Å²) in [6, 6.07) is 10.4. The van der Waals surface area contributed by atoms with Gasteiger partial charge >= 0.3 is 5.97 Å². The highest BCUT2D eigenvalue weighted by atomic mass is 35.5. The van der Waals surface area contributed by atoms with Crippen molar-refractivity contribution in [2.24, 2.45) is 0 Å². The van der Waals surface area contributed by atoms with Crippen LogP contribution in [0.25, 0.3) is 5.70 Å². The molecule has 0 unspecified atom stereocenters. The van der Waals surface area contributed by atoms with E-state index in [4.69, 9.17) is 16.3 Å². The highest BCUT2D eigenvalue weighted by Crippen LogP contribution is 2.21. The fourth-order valence-electron chi connectivity index (χ4n) is 2.19. The van der Waals surface area contributed by atoms with E-state index >= 15 is 0 Å². The SMILES string of the molecule is CCOC(=O)C(C#N)=C(NC(=O)c1c(F)cccc1F)c1ccc(Cl)cc1. The molecule has 1 N–H and O–H groups in total. The van der Waals surface area contributed by atoms with Gasteiger partial charge in [-0.2, -0.15) is 5.26 Å². The number of benzene rings is 2. The Kier molecular flexibility index (Phi) is 6.63. The van der Waals surface area contributed by atoms with E-state index < -0.39 is 34.6 Å². The van der Waals surface area contributed by atoms with Crippen LogP contribution in [0.5, 0.6) is 0 Å². The molecule has 2 rings (SSSR count). The van der Waals surface area contributed by atoms with Crippen molar-refractivity contribution < 1.29 is 23.1 Å². The molecule has 2 aromatic carbocycles. The van der Waals surface area contributed by atoms with Gasteiger partial charge in [-0.15, -0.1) is 0 Å². The van der Waals surface area contributed by atoms with E-state index in [0.717, 1.165) is 18.2 Å². The van der Waals surface area contributed by atoms with Gasteiger partial charge in [0.15, 0.2) is 5.57 Å². The summed E-state index contributed by atoms with van der Waals surface area (Å²) < 4.78 is 32.6. The van der Waals surface area contributed by atoms with Crippen LogP contribution in [-0.4, -0.2) is 18.5 Å². The first-order chi connectivity index (χ1) is 12.9. The van der Waals surface area contributed by atoms with E-state index in [0.29, 0.717) is 5.02 Å². The van der Waals surface area contributed by atoms with E-state index in [1.807, 2.05) is 0 Å². The third-order valence-corrected chi connectivity index (χ3v) is 3.65. The first kappa shape index (κ1) is 20.1. The Hall–Kier alpha value is -3.24. The number of hydrogen-bond donors (Lipinski definition) is 1. The summed E-state index contributed by atoms with van der Waals surface area (Å²) in [6.07, 6.45) is 0. The van der Waals surface area contributed by atoms with Crippen LogP contribution in [0, 0.1) is 23.0 Å². The van der Waals surface area contributed by atoms with Crippen molar-refractivity contribution in [3.8, 4) is 6.07 Å². The largest absolute Gasteiger partial charge is 0.462 e. The Labute approximate surface area is 158 Å². The van der Waals surface area contributed by atoms with Gasteiger partial charge in [-0.1, -0.05) is 29.8 Å². The lowest BCUT2D eigenvalue weighted by molar-refractivity contribution is -0.137. The summed E-state index contributed by atoms with van der Waals surface area (Å²) in [7, 11) is 0. The second kappa shape index (κ2) is 8.92. The maximum absolute atomic E-state index is 13.9. The third-order valence-electron chi connectivity index (χ3n) is 3.40. The number of amides is 1. The molecule has 138 valence electrons. The number of nitrogens with one attached hydrogen (secondary N) is 1. The number of esters is 1. The van der Waals surface area contributed by atoms with E-state index in [1.165, 1.54) is 24.3 Å². The maximum atomic E-state index is 13.9. The van der Waals surface area contributed by atoms with E-state index in [2.05, 4.69) is 5.32 Å². The van der Waals surface area contributed by atoms with Crippen molar-refractivity contribution >= 4 is 29.2 Å². The van der Waals surface area contributed by atoms with Gasteiger partial charge < -0.3 is 10.1 Å². The number of carbonyl (C=O) groups excluding carboxylic acids is 2. The first-order valence-corrected chi connectivity index (χ1v) is 8.09. The van der Waals surface area contributed by atoms with Crippen molar-refractivity contribution in [1.82, 2.24) is 5.32 Å². The molecule has 2 aromatic rings. The lowest BCUT2D eigenvalue weighted by Gasteiger charge is -2.13. The van der Waals surface area contributed by atoms with Crippen LogP contribution in [0.4, 0.5) is 8.78 Å². The molecule has 0 aromatic heterocycles. The minimum absolute atomic E-state index is 0.00615. The molecule has 0 heterocycles. The van der Waals surface area contributed by atoms with Crippen molar-refractivity contribution in [2.75, 3.05) is 6.61 Å². The summed E-state index contributed by atoms with van der Waals surface area (Å²) in [5.41, 5.74) is -1.39. The standard InChI is InChI=1S/C19H13ClF2N2O3/c1-2-27-19(26)13(10-23)17(11-6-8-12(20)9-7-11)24-18(25)16-14(21)4-3-5-15(16)22/h3-9H,2H2,1H3,(H,24,25). The molecule has 27 heavy (non-hydrogen) atoms. The van der Waals surface area contributed by atoms with Crippen molar-refractivity contribution in [3.05, 3.63) is 75.8 Å². The highest BCUT2D eigenvalue weighted by molar-refractivity contribution is 6.30. The number of nitrogens with zero attached hydrogens (tertiary/aromatic N) is 1. The predicted octanol–water partition coefficient (Wildman–Crippen LogP) is 3.85. The molecule has 0 bridgehead atoms. The number of hydrogen-bond acceptors (Lipinski definition) is 4.